The molecule has 1 aromatic heterocycles. The maximum atomic E-state index is 13.3. The quantitative estimate of drug-likeness (QED) is 0.878. The van der Waals surface area contributed by atoms with Crippen LogP contribution in [0.3, 0.4) is 0 Å². The van der Waals surface area contributed by atoms with Gasteiger partial charge in [-0.05, 0) is 50.5 Å². The van der Waals surface area contributed by atoms with Gasteiger partial charge in [0.1, 0.15) is 17.3 Å². The van der Waals surface area contributed by atoms with Crippen molar-refractivity contribution in [3.05, 3.63) is 57.8 Å². The summed E-state index contributed by atoms with van der Waals surface area (Å²) in [5.41, 5.74) is 9.85. The smallest absolute Gasteiger partial charge is 0.126 e. The third-order valence-corrected chi connectivity index (χ3v) is 3.47. The molecule has 0 aliphatic heterocycles. The Morgan fingerprint density at radius 3 is 2.28 bits per heavy atom. The largest absolute Gasteiger partial charge is 0.466 e. The lowest BCUT2D eigenvalue weighted by Crippen LogP contribution is -2.13. The molecule has 0 amide bonds. The lowest BCUT2D eigenvalue weighted by Gasteiger charge is -2.13. The van der Waals surface area contributed by atoms with Gasteiger partial charge in [0.05, 0.1) is 6.04 Å². The van der Waals surface area contributed by atoms with Gasteiger partial charge in [-0.15, -0.1) is 0 Å². The molecule has 1 aromatic carbocycles. The van der Waals surface area contributed by atoms with Crippen LogP contribution in [0.15, 0.2) is 22.6 Å². The van der Waals surface area contributed by atoms with Gasteiger partial charge < -0.3 is 10.2 Å². The highest BCUT2D eigenvalue weighted by Crippen LogP contribution is 2.30. The number of halogens is 1. The monoisotopic (exact) mass is 247 g/mol. The summed E-state index contributed by atoms with van der Waals surface area (Å²) in [6.45, 7) is 7.57. The molecule has 2 rings (SSSR count). The van der Waals surface area contributed by atoms with Crippen molar-refractivity contribution in [3.8, 4) is 0 Å². The molecular weight excluding hydrogens is 229 g/mol. The molecule has 0 aliphatic carbocycles. The fraction of sp³-hybridized carbons (Fsp3) is 0.333. The Kier molecular flexibility index (Phi) is 3.26. The van der Waals surface area contributed by atoms with Crippen LogP contribution in [0.5, 0.6) is 0 Å². The Balaban J connectivity index is 2.47. The van der Waals surface area contributed by atoms with Crippen molar-refractivity contribution >= 4 is 0 Å². The van der Waals surface area contributed by atoms with Crippen LogP contribution < -0.4 is 5.73 Å². The van der Waals surface area contributed by atoms with Crippen LogP contribution in [0.4, 0.5) is 4.39 Å². The van der Waals surface area contributed by atoms with E-state index in [-0.39, 0.29) is 11.9 Å². The number of benzene rings is 1. The molecule has 2 N–H and O–H groups in total. The van der Waals surface area contributed by atoms with Crippen LogP contribution in [-0.4, -0.2) is 0 Å². The second-order valence-electron chi connectivity index (χ2n) is 4.74. The Bertz CT molecular complexity index is 586. The van der Waals surface area contributed by atoms with E-state index in [0.29, 0.717) is 5.56 Å². The molecule has 0 fully saturated rings. The maximum absolute atomic E-state index is 13.3. The summed E-state index contributed by atoms with van der Waals surface area (Å²) in [6.07, 6.45) is 0. The standard InChI is InChI=1S/C15H18FNO/c1-8-7-12(5-6-13(8)16)15(17)14-9(2)10(3)18-11(14)4/h5-7,15H,17H2,1-4H3. The molecule has 2 nitrogen and oxygen atoms in total. The number of furan rings is 1. The van der Waals surface area contributed by atoms with E-state index in [1.54, 1.807) is 19.1 Å². The number of hydrogen-bond donors (Lipinski definition) is 1. The molecule has 1 unspecified atom stereocenters. The molecule has 0 bridgehead atoms. The second-order valence-corrected chi connectivity index (χ2v) is 4.74. The first-order valence-corrected chi connectivity index (χ1v) is 6.00. The van der Waals surface area contributed by atoms with Crippen LogP contribution in [0.2, 0.25) is 0 Å². The van der Waals surface area contributed by atoms with Crippen molar-refractivity contribution in [1.29, 1.82) is 0 Å². The van der Waals surface area contributed by atoms with E-state index in [4.69, 9.17) is 10.2 Å². The van der Waals surface area contributed by atoms with Gasteiger partial charge in [-0.1, -0.05) is 12.1 Å². The summed E-state index contributed by atoms with van der Waals surface area (Å²) in [7, 11) is 0. The molecule has 2 aromatic rings. The Hall–Kier alpha value is -1.61. The third-order valence-electron chi connectivity index (χ3n) is 3.47. The lowest BCUT2D eigenvalue weighted by atomic mass is 9.95. The molecule has 0 radical (unpaired) electrons. The fourth-order valence-corrected chi connectivity index (χ4v) is 2.30. The molecule has 0 spiro atoms. The van der Waals surface area contributed by atoms with Crippen LogP contribution in [0.1, 0.15) is 39.8 Å². The average molecular weight is 247 g/mol. The zero-order chi connectivity index (χ0) is 13.4. The molecule has 1 heterocycles. The van der Waals surface area contributed by atoms with Crippen LogP contribution >= 0.6 is 0 Å². The third kappa shape index (κ3) is 2.06. The molecule has 0 saturated heterocycles. The van der Waals surface area contributed by atoms with E-state index in [2.05, 4.69) is 0 Å². The Morgan fingerprint density at radius 2 is 1.78 bits per heavy atom. The van der Waals surface area contributed by atoms with Crippen molar-refractivity contribution in [2.75, 3.05) is 0 Å². The predicted octanol–water partition coefficient (Wildman–Crippen LogP) is 3.70. The Morgan fingerprint density at radius 1 is 1.11 bits per heavy atom. The average Bonchev–Trinajstić information content (AvgIpc) is 2.56. The van der Waals surface area contributed by atoms with Gasteiger partial charge in [0.25, 0.3) is 0 Å². The minimum atomic E-state index is -0.276. The van der Waals surface area contributed by atoms with E-state index in [1.165, 1.54) is 6.07 Å². The SMILES string of the molecule is Cc1cc(C(N)c2c(C)oc(C)c2C)ccc1F. The van der Waals surface area contributed by atoms with Crippen molar-refractivity contribution in [2.45, 2.75) is 33.7 Å². The van der Waals surface area contributed by atoms with Crippen LogP contribution in [0, 0.1) is 33.5 Å². The molecular formula is C15H18FNO. The normalized spacial score (nSPS) is 12.8. The number of hydrogen-bond acceptors (Lipinski definition) is 2. The number of nitrogens with two attached hydrogens (primary N) is 1. The minimum absolute atomic E-state index is 0.206. The Labute approximate surface area is 107 Å². The van der Waals surface area contributed by atoms with Crippen molar-refractivity contribution < 1.29 is 8.81 Å². The summed E-state index contributed by atoms with van der Waals surface area (Å²) in [5, 5.41) is 0. The number of aryl methyl sites for hydroxylation is 3. The molecule has 96 valence electrons. The fourth-order valence-electron chi connectivity index (χ4n) is 2.30. The molecule has 3 heteroatoms. The van der Waals surface area contributed by atoms with Gasteiger partial charge in [0.15, 0.2) is 0 Å². The van der Waals surface area contributed by atoms with Crippen molar-refractivity contribution in [1.82, 2.24) is 0 Å². The van der Waals surface area contributed by atoms with Gasteiger partial charge in [-0.2, -0.15) is 0 Å². The van der Waals surface area contributed by atoms with Crippen LogP contribution in [-0.2, 0) is 0 Å². The highest BCUT2D eigenvalue weighted by atomic mass is 19.1. The first-order valence-electron chi connectivity index (χ1n) is 6.00. The van der Waals surface area contributed by atoms with Crippen LogP contribution in [0.25, 0.3) is 0 Å². The summed E-state index contributed by atoms with van der Waals surface area (Å²) in [5.74, 6) is 1.51. The van der Waals surface area contributed by atoms with Gasteiger partial charge >= 0.3 is 0 Å². The first-order chi connectivity index (χ1) is 8.41. The lowest BCUT2D eigenvalue weighted by molar-refractivity contribution is 0.498. The molecule has 1 atom stereocenters. The topological polar surface area (TPSA) is 39.2 Å². The van der Waals surface area contributed by atoms with Crippen molar-refractivity contribution in [2.24, 2.45) is 5.73 Å². The van der Waals surface area contributed by atoms with E-state index in [9.17, 15) is 4.39 Å². The van der Waals surface area contributed by atoms with E-state index >= 15 is 0 Å². The van der Waals surface area contributed by atoms with Gasteiger partial charge in [-0.25, -0.2) is 4.39 Å². The summed E-state index contributed by atoms with van der Waals surface area (Å²) in [6, 6.07) is 4.71. The molecule has 0 saturated carbocycles. The summed E-state index contributed by atoms with van der Waals surface area (Å²) >= 11 is 0. The highest BCUT2D eigenvalue weighted by molar-refractivity contribution is 5.41. The van der Waals surface area contributed by atoms with Gasteiger partial charge in [0.2, 0.25) is 0 Å². The second kappa shape index (κ2) is 4.58. The maximum Gasteiger partial charge on any atom is 0.126 e. The van der Waals surface area contributed by atoms with E-state index in [0.717, 1.165) is 28.2 Å². The molecule has 0 aliphatic rings. The number of rotatable bonds is 2. The summed E-state index contributed by atoms with van der Waals surface area (Å²) < 4.78 is 18.9. The van der Waals surface area contributed by atoms with E-state index < -0.39 is 0 Å². The van der Waals surface area contributed by atoms with E-state index in [1.807, 2.05) is 20.8 Å². The highest BCUT2D eigenvalue weighted by Gasteiger charge is 2.19. The van der Waals surface area contributed by atoms with Gasteiger partial charge in [-0.3, -0.25) is 0 Å². The minimum Gasteiger partial charge on any atom is -0.466 e. The first kappa shape index (κ1) is 12.8. The van der Waals surface area contributed by atoms with Gasteiger partial charge in [0, 0.05) is 5.56 Å². The molecule has 18 heavy (non-hydrogen) atoms. The zero-order valence-electron chi connectivity index (χ0n) is 11.2. The van der Waals surface area contributed by atoms with Crippen molar-refractivity contribution in [3.63, 3.8) is 0 Å². The predicted molar refractivity (Wildman–Crippen MR) is 70.1 cm³/mol. The summed E-state index contributed by atoms with van der Waals surface area (Å²) in [4.78, 5) is 0. The zero-order valence-corrected chi connectivity index (χ0v) is 11.2.